The van der Waals surface area contributed by atoms with Gasteiger partial charge in [0.05, 0.1) is 23.4 Å². The molecule has 3 rings (SSSR count). The maximum Gasteiger partial charge on any atom is 0.243 e. The SMILES string of the molecule is COc1ccc(S(=O)(=O)N2CCCCCC2)cc1NC(=O)CSc1ccccc1F. The Morgan fingerprint density at radius 2 is 1.83 bits per heavy atom. The molecule has 9 heteroatoms. The number of carbonyl (C=O) groups is 1. The van der Waals surface area contributed by atoms with Gasteiger partial charge in [0, 0.05) is 18.0 Å². The third-order valence-electron chi connectivity index (χ3n) is 4.84. The average Bonchev–Trinajstić information content (AvgIpc) is 3.03. The summed E-state index contributed by atoms with van der Waals surface area (Å²) < 4.78 is 46.6. The summed E-state index contributed by atoms with van der Waals surface area (Å²) in [4.78, 5) is 12.9. The topological polar surface area (TPSA) is 75.7 Å². The summed E-state index contributed by atoms with van der Waals surface area (Å²) in [7, 11) is -2.21. The van der Waals surface area contributed by atoms with Crippen molar-refractivity contribution >= 4 is 33.4 Å². The number of halogens is 1. The molecule has 0 atom stereocenters. The van der Waals surface area contributed by atoms with Crippen molar-refractivity contribution in [3.8, 4) is 5.75 Å². The number of ether oxygens (including phenoxy) is 1. The number of rotatable bonds is 7. The van der Waals surface area contributed by atoms with Gasteiger partial charge >= 0.3 is 0 Å². The van der Waals surface area contributed by atoms with Crippen molar-refractivity contribution in [2.24, 2.45) is 0 Å². The summed E-state index contributed by atoms with van der Waals surface area (Å²) in [6, 6.07) is 10.7. The van der Waals surface area contributed by atoms with Gasteiger partial charge in [-0.1, -0.05) is 25.0 Å². The summed E-state index contributed by atoms with van der Waals surface area (Å²) in [5.41, 5.74) is 0.271. The van der Waals surface area contributed by atoms with Gasteiger partial charge in [-0.15, -0.1) is 11.8 Å². The minimum absolute atomic E-state index is 0.0206. The average molecular weight is 453 g/mol. The van der Waals surface area contributed by atoms with E-state index in [1.165, 1.54) is 35.7 Å². The summed E-state index contributed by atoms with van der Waals surface area (Å²) in [6.45, 7) is 0.991. The van der Waals surface area contributed by atoms with Gasteiger partial charge in [0.1, 0.15) is 11.6 Å². The van der Waals surface area contributed by atoms with Gasteiger partial charge in [-0.2, -0.15) is 4.31 Å². The van der Waals surface area contributed by atoms with Crippen LogP contribution in [0.15, 0.2) is 52.3 Å². The standard InChI is InChI=1S/C21H25FN2O4S2/c1-28-19-11-10-16(30(26,27)24-12-6-2-3-7-13-24)14-18(19)23-21(25)15-29-20-9-5-4-8-17(20)22/h4-5,8-11,14H,2-3,6-7,12-13,15H2,1H3,(H,23,25). The molecular weight excluding hydrogens is 427 g/mol. The van der Waals surface area contributed by atoms with E-state index in [2.05, 4.69) is 5.32 Å². The highest BCUT2D eigenvalue weighted by Gasteiger charge is 2.26. The van der Waals surface area contributed by atoms with Crippen LogP contribution in [0, 0.1) is 5.82 Å². The van der Waals surface area contributed by atoms with Crippen molar-refractivity contribution in [3.05, 3.63) is 48.3 Å². The van der Waals surface area contributed by atoms with Crippen molar-refractivity contribution in [1.82, 2.24) is 4.31 Å². The molecule has 1 heterocycles. The zero-order chi connectivity index (χ0) is 21.6. The smallest absolute Gasteiger partial charge is 0.243 e. The lowest BCUT2D eigenvalue weighted by Gasteiger charge is -2.21. The maximum absolute atomic E-state index is 13.7. The van der Waals surface area contributed by atoms with Crippen LogP contribution >= 0.6 is 11.8 Å². The first kappa shape index (κ1) is 22.6. The predicted octanol–water partition coefficient (Wildman–Crippen LogP) is 4.13. The number of amides is 1. The Balaban J connectivity index is 1.75. The zero-order valence-corrected chi connectivity index (χ0v) is 18.4. The highest BCUT2D eigenvalue weighted by atomic mass is 32.2. The predicted molar refractivity (Wildman–Crippen MR) is 116 cm³/mol. The lowest BCUT2D eigenvalue weighted by atomic mass is 10.2. The number of methoxy groups -OCH3 is 1. The van der Waals surface area contributed by atoms with Crippen LogP contribution in [-0.2, 0) is 14.8 Å². The second-order valence-electron chi connectivity index (χ2n) is 6.95. The first-order valence-corrected chi connectivity index (χ1v) is 12.2. The second kappa shape index (κ2) is 10.3. The van der Waals surface area contributed by atoms with Gasteiger partial charge in [0.25, 0.3) is 0 Å². The Morgan fingerprint density at radius 1 is 1.13 bits per heavy atom. The fraction of sp³-hybridized carbons (Fsp3) is 0.381. The molecule has 162 valence electrons. The maximum atomic E-state index is 13.7. The molecule has 0 radical (unpaired) electrons. The number of sulfonamides is 1. The first-order chi connectivity index (χ1) is 14.4. The molecule has 2 aromatic rings. The number of anilines is 1. The van der Waals surface area contributed by atoms with E-state index in [-0.39, 0.29) is 22.2 Å². The summed E-state index contributed by atoms with van der Waals surface area (Å²) in [5, 5.41) is 2.69. The number of hydrogen-bond acceptors (Lipinski definition) is 5. The molecule has 0 aliphatic carbocycles. The van der Waals surface area contributed by atoms with E-state index in [1.54, 1.807) is 18.2 Å². The van der Waals surface area contributed by atoms with Crippen LogP contribution < -0.4 is 10.1 Å². The molecule has 30 heavy (non-hydrogen) atoms. The van der Waals surface area contributed by atoms with Crippen LogP contribution in [0.2, 0.25) is 0 Å². The molecule has 1 amide bonds. The van der Waals surface area contributed by atoms with Crippen LogP contribution in [0.1, 0.15) is 25.7 Å². The largest absolute Gasteiger partial charge is 0.495 e. The molecule has 0 aromatic heterocycles. The van der Waals surface area contributed by atoms with Gasteiger partial charge in [-0.25, -0.2) is 12.8 Å². The molecule has 0 bridgehead atoms. The van der Waals surface area contributed by atoms with Gasteiger partial charge in [-0.05, 0) is 43.2 Å². The van der Waals surface area contributed by atoms with Crippen LogP contribution in [-0.4, -0.2) is 44.6 Å². The van der Waals surface area contributed by atoms with Crippen molar-refractivity contribution in [2.45, 2.75) is 35.5 Å². The van der Waals surface area contributed by atoms with Crippen molar-refractivity contribution < 1.29 is 22.3 Å². The Morgan fingerprint density at radius 3 is 2.50 bits per heavy atom. The van der Waals surface area contributed by atoms with Crippen LogP contribution in [0.3, 0.4) is 0 Å². The van der Waals surface area contributed by atoms with E-state index in [4.69, 9.17) is 4.74 Å². The quantitative estimate of drug-likeness (QED) is 0.640. The minimum atomic E-state index is -3.66. The van der Waals surface area contributed by atoms with E-state index < -0.39 is 15.8 Å². The third kappa shape index (κ3) is 5.53. The number of thioether (sulfide) groups is 1. The highest BCUT2D eigenvalue weighted by Crippen LogP contribution is 2.30. The summed E-state index contributed by atoms with van der Waals surface area (Å²) in [5.74, 6) is -0.439. The van der Waals surface area contributed by atoms with Crippen molar-refractivity contribution in [3.63, 3.8) is 0 Å². The zero-order valence-electron chi connectivity index (χ0n) is 16.8. The van der Waals surface area contributed by atoms with E-state index in [0.29, 0.717) is 23.7 Å². The molecule has 1 aliphatic heterocycles. The first-order valence-electron chi connectivity index (χ1n) is 9.77. The number of carbonyl (C=O) groups excluding carboxylic acids is 1. The van der Waals surface area contributed by atoms with Crippen LogP contribution in [0.4, 0.5) is 10.1 Å². The Labute approximate surface area is 180 Å². The van der Waals surface area contributed by atoms with E-state index in [1.807, 2.05) is 0 Å². The minimum Gasteiger partial charge on any atom is -0.495 e. The number of nitrogens with zero attached hydrogens (tertiary/aromatic N) is 1. The fourth-order valence-corrected chi connectivity index (χ4v) is 5.55. The van der Waals surface area contributed by atoms with E-state index in [0.717, 1.165) is 37.4 Å². The van der Waals surface area contributed by atoms with Gasteiger partial charge in [-0.3, -0.25) is 4.79 Å². The Kier molecular flexibility index (Phi) is 7.74. The van der Waals surface area contributed by atoms with Gasteiger partial charge in [0.15, 0.2) is 0 Å². The molecule has 1 saturated heterocycles. The number of benzene rings is 2. The molecule has 0 unspecified atom stereocenters. The van der Waals surface area contributed by atoms with Crippen molar-refractivity contribution in [2.75, 3.05) is 31.3 Å². The lowest BCUT2D eigenvalue weighted by Crippen LogP contribution is -2.32. The van der Waals surface area contributed by atoms with Crippen molar-refractivity contribution in [1.29, 1.82) is 0 Å². The third-order valence-corrected chi connectivity index (χ3v) is 7.79. The monoisotopic (exact) mass is 452 g/mol. The van der Waals surface area contributed by atoms with Crippen LogP contribution in [0.25, 0.3) is 0 Å². The fourth-order valence-electron chi connectivity index (χ4n) is 3.27. The van der Waals surface area contributed by atoms with E-state index in [9.17, 15) is 17.6 Å². The summed E-state index contributed by atoms with van der Waals surface area (Å²) in [6.07, 6.45) is 3.73. The molecule has 2 aromatic carbocycles. The van der Waals surface area contributed by atoms with Gasteiger partial charge in [0.2, 0.25) is 15.9 Å². The molecule has 1 N–H and O–H groups in total. The second-order valence-corrected chi connectivity index (χ2v) is 9.90. The lowest BCUT2D eigenvalue weighted by molar-refractivity contribution is -0.113. The Hall–Kier alpha value is -2.10. The molecule has 6 nitrogen and oxygen atoms in total. The number of nitrogens with one attached hydrogen (secondary N) is 1. The molecule has 0 spiro atoms. The normalized spacial score (nSPS) is 15.4. The highest BCUT2D eigenvalue weighted by molar-refractivity contribution is 8.00. The molecule has 0 saturated carbocycles. The van der Waals surface area contributed by atoms with E-state index >= 15 is 0 Å². The molecule has 1 fully saturated rings. The van der Waals surface area contributed by atoms with Crippen LogP contribution in [0.5, 0.6) is 5.75 Å². The Bertz CT molecular complexity index is 990. The van der Waals surface area contributed by atoms with Gasteiger partial charge < -0.3 is 10.1 Å². The molecular formula is C21H25FN2O4S2. The summed E-state index contributed by atoms with van der Waals surface area (Å²) >= 11 is 1.07. The number of hydrogen-bond donors (Lipinski definition) is 1. The molecule has 1 aliphatic rings.